The first-order valence-electron chi connectivity index (χ1n) is 7.08. The van der Waals surface area contributed by atoms with Crippen molar-refractivity contribution >= 4 is 0 Å². The first-order valence-corrected chi connectivity index (χ1v) is 7.08. The molecule has 2 fully saturated rings. The molecule has 1 aliphatic carbocycles. The Balaban J connectivity index is 1.67. The molecular weight excluding hydrogens is 246 g/mol. The minimum absolute atomic E-state index is 0.275. The summed E-state index contributed by atoms with van der Waals surface area (Å²) < 4.78 is 26.1. The fraction of sp³-hybridized carbons (Fsp3) is 0.600. The van der Waals surface area contributed by atoms with Crippen LogP contribution < -0.4 is 5.32 Å². The predicted molar refractivity (Wildman–Crippen MR) is 70.8 cm³/mol. The van der Waals surface area contributed by atoms with Gasteiger partial charge in [-0.05, 0) is 30.5 Å². The Hall–Kier alpha value is -1.00. The molecule has 1 aromatic carbocycles. The Bertz CT molecular complexity index is 455. The van der Waals surface area contributed by atoms with E-state index in [1.165, 1.54) is 37.8 Å². The molecule has 0 radical (unpaired) electrons. The average Bonchev–Trinajstić information content (AvgIpc) is 2.82. The van der Waals surface area contributed by atoms with Gasteiger partial charge in [0, 0.05) is 31.7 Å². The van der Waals surface area contributed by atoms with Gasteiger partial charge in [0.2, 0.25) is 0 Å². The lowest BCUT2D eigenvalue weighted by molar-refractivity contribution is 0.128. The number of nitrogens with zero attached hydrogens (tertiary/aromatic N) is 1. The monoisotopic (exact) mass is 266 g/mol. The van der Waals surface area contributed by atoms with E-state index in [2.05, 4.69) is 10.2 Å². The van der Waals surface area contributed by atoms with Gasteiger partial charge < -0.3 is 5.32 Å². The molecule has 0 unspecified atom stereocenters. The van der Waals surface area contributed by atoms with Gasteiger partial charge >= 0.3 is 0 Å². The molecule has 3 rings (SSSR count). The molecule has 1 saturated heterocycles. The van der Waals surface area contributed by atoms with E-state index >= 15 is 0 Å². The molecule has 0 aromatic heterocycles. The molecule has 0 bridgehead atoms. The fourth-order valence-corrected chi connectivity index (χ4v) is 3.46. The van der Waals surface area contributed by atoms with Crippen LogP contribution in [0, 0.1) is 11.6 Å². The Labute approximate surface area is 112 Å². The van der Waals surface area contributed by atoms with Crippen molar-refractivity contribution in [2.75, 3.05) is 19.6 Å². The number of piperazine rings is 1. The van der Waals surface area contributed by atoms with Crippen LogP contribution in [0.25, 0.3) is 0 Å². The van der Waals surface area contributed by atoms with Gasteiger partial charge in [-0.25, -0.2) is 8.78 Å². The third kappa shape index (κ3) is 2.79. The highest BCUT2D eigenvalue weighted by Gasteiger charge is 2.37. The summed E-state index contributed by atoms with van der Waals surface area (Å²) in [6, 6.07) is 4.22. The van der Waals surface area contributed by atoms with Crippen molar-refractivity contribution in [2.45, 2.75) is 37.8 Å². The Morgan fingerprint density at radius 2 is 1.95 bits per heavy atom. The van der Waals surface area contributed by atoms with Crippen LogP contribution in [0.3, 0.4) is 0 Å². The number of halogens is 2. The van der Waals surface area contributed by atoms with Crippen LogP contribution in [0.5, 0.6) is 0 Å². The molecule has 1 aromatic rings. The Kier molecular flexibility index (Phi) is 3.54. The molecule has 2 aliphatic rings. The third-order valence-corrected chi connectivity index (χ3v) is 4.41. The van der Waals surface area contributed by atoms with Gasteiger partial charge in [0.15, 0.2) is 11.6 Å². The second kappa shape index (κ2) is 5.17. The van der Waals surface area contributed by atoms with Gasteiger partial charge in [-0.15, -0.1) is 0 Å². The SMILES string of the molecule is Fc1ccc(CN2CCNC3(CCCC3)C2)cc1F. The van der Waals surface area contributed by atoms with Crippen LogP contribution in [0.2, 0.25) is 0 Å². The van der Waals surface area contributed by atoms with Crippen LogP contribution in [-0.2, 0) is 6.54 Å². The second-order valence-electron chi connectivity index (χ2n) is 5.87. The van der Waals surface area contributed by atoms with Crippen LogP contribution in [-0.4, -0.2) is 30.1 Å². The lowest BCUT2D eigenvalue weighted by Gasteiger charge is -2.41. The molecule has 104 valence electrons. The van der Waals surface area contributed by atoms with Gasteiger partial charge in [0.05, 0.1) is 0 Å². The summed E-state index contributed by atoms with van der Waals surface area (Å²) in [5.74, 6) is -1.51. The van der Waals surface area contributed by atoms with Crippen LogP contribution in [0.4, 0.5) is 8.78 Å². The van der Waals surface area contributed by atoms with Crippen LogP contribution in [0.15, 0.2) is 18.2 Å². The molecule has 1 heterocycles. The molecule has 1 spiro atoms. The predicted octanol–water partition coefficient (Wildman–Crippen LogP) is 2.68. The zero-order chi connectivity index (χ0) is 13.3. The van der Waals surface area contributed by atoms with Crippen molar-refractivity contribution in [3.05, 3.63) is 35.4 Å². The van der Waals surface area contributed by atoms with Crippen molar-refractivity contribution in [1.82, 2.24) is 10.2 Å². The molecule has 1 saturated carbocycles. The van der Waals surface area contributed by atoms with Gasteiger partial charge in [-0.2, -0.15) is 0 Å². The first kappa shape index (κ1) is 13.0. The zero-order valence-electron chi connectivity index (χ0n) is 11.1. The van der Waals surface area contributed by atoms with Crippen molar-refractivity contribution in [3.63, 3.8) is 0 Å². The molecule has 0 atom stereocenters. The van der Waals surface area contributed by atoms with E-state index in [4.69, 9.17) is 0 Å². The van der Waals surface area contributed by atoms with Crippen molar-refractivity contribution < 1.29 is 8.78 Å². The molecule has 4 heteroatoms. The summed E-state index contributed by atoms with van der Waals surface area (Å²) in [6.45, 7) is 3.69. The van der Waals surface area contributed by atoms with E-state index in [0.717, 1.165) is 25.2 Å². The smallest absolute Gasteiger partial charge is 0.159 e. The molecule has 19 heavy (non-hydrogen) atoms. The van der Waals surface area contributed by atoms with Gasteiger partial charge in [0.1, 0.15) is 0 Å². The quantitative estimate of drug-likeness (QED) is 0.885. The highest BCUT2D eigenvalue weighted by Crippen LogP contribution is 2.32. The van der Waals surface area contributed by atoms with E-state index in [-0.39, 0.29) is 5.54 Å². The van der Waals surface area contributed by atoms with E-state index < -0.39 is 11.6 Å². The molecule has 1 aliphatic heterocycles. The number of benzene rings is 1. The minimum Gasteiger partial charge on any atom is -0.309 e. The normalized spacial score (nSPS) is 23.1. The second-order valence-corrected chi connectivity index (χ2v) is 5.87. The standard InChI is InChI=1S/C15H20F2N2/c16-13-4-3-12(9-14(13)17)10-19-8-7-18-15(11-19)5-1-2-6-15/h3-4,9,18H,1-2,5-8,10-11H2. The fourth-order valence-electron chi connectivity index (χ4n) is 3.46. The highest BCUT2D eigenvalue weighted by molar-refractivity contribution is 5.18. The van der Waals surface area contributed by atoms with Crippen molar-refractivity contribution in [1.29, 1.82) is 0 Å². The zero-order valence-corrected chi connectivity index (χ0v) is 11.1. The minimum atomic E-state index is -0.767. The van der Waals surface area contributed by atoms with Crippen molar-refractivity contribution in [2.24, 2.45) is 0 Å². The molecule has 2 nitrogen and oxygen atoms in total. The van der Waals surface area contributed by atoms with E-state index in [0.29, 0.717) is 6.54 Å². The van der Waals surface area contributed by atoms with E-state index in [1.54, 1.807) is 6.07 Å². The number of hydrogen-bond acceptors (Lipinski definition) is 2. The summed E-state index contributed by atoms with van der Waals surface area (Å²) in [7, 11) is 0. The van der Waals surface area contributed by atoms with Crippen LogP contribution in [0.1, 0.15) is 31.2 Å². The summed E-state index contributed by atoms with van der Waals surface area (Å²) in [4.78, 5) is 2.36. The maximum Gasteiger partial charge on any atom is 0.159 e. The lowest BCUT2D eigenvalue weighted by atomic mass is 9.94. The summed E-state index contributed by atoms with van der Waals surface area (Å²) >= 11 is 0. The maximum absolute atomic E-state index is 13.2. The van der Waals surface area contributed by atoms with E-state index in [9.17, 15) is 8.78 Å². The average molecular weight is 266 g/mol. The summed E-state index contributed by atoms with van der Waals surface area (Å²) in [6.07, 6.45) is 5.07. The lowest BCUT2D eigenvalue weighted by Crippen LogP contribution is -2.58. The Morgan fingerprint density at radius 3 is 2.68 bits per heavy atom. The number of hydrogen-bond donors (Lipinski definition) is 1. The van der Waals surface area contributed by atoms with Crippen LogP contribution >= 0.6 is 0 Å². The van der Waals surface area contributed by atoms with E-state index in [1.807, 2.05) is 0 Å². The maximum atomic E-state index is 13.2. The van der Waals surface area contributed by atoms with Gasteiger partial charge in [0.25, 0.3) is 0 Å². The molecule has 0 amide bonds. The summed E-state index contributed by atoms with van der Waals surface area (Å²) in [5.41, 5.74) is 1.13. The van der Waals surface area contributed by atoms with Crippen molar-refractivity contribution in [3.8, 4) is 0 Å². The van der Waals surface area contributed by atoms with Gasteiger partial charge in [-0.1, -0.05) is 18.9 Å². The summed E-state index contributed by atoms with van der Waals surface area (Å²) in [5, 5.41) is 3.65. The third-order valence-electron chi connectivity index (χ3n) is 4.41. The van der Waals surface area contributed by atoms with Gasteiger partial charge in [-0.3, -0.25) is 4.90 Å². The number of nitrogens with one attached hydrogen (secondary N) is 1. The highest BCUT2D eigenvalue weighted by atomic mass is 19.2. The number of rotatable bonds is 2. The first-order chi connectivity index (χ1) is 9.17. The molecule has 1 N–H and O–H groups in total. The topological polar surface area (TPSA) is 15.3 Å². The Morgan fingerprint density at radius 1 is 1.16 bits per heavy atom. The molecular formula is C15H20F2N2. The largest absolute Gasteiger partial charge is 0.309 e.